The first-order chi connectivity index (χ1) is 7.99. The molecule has 1 aromatic rings. The van der Waals surface area contributed by atoms with Crippen LogP contribution in [0.15, 0.2) is 24.3 Å². The molecule has 4 nitrogen and oxygen atoms in total. The Morgan fingerprint density at radius 3 is 2.76 bits per heavy atom. The van der Waals surface area contributed by atoms with Crippen LogP contribution in [0.25, 0.3) is 0 Å². The average Bonchev–Trinajstić information content (AvgIpc) is 2.26. The van der Waals surface area contributed by atoms with Crippen molar-refractivity contribution in [2.24, 2.45) is 0 Å². The van der Waals surface area contributed by atoms with E-state index in [0.717, 1.165) is 5.56 Å². The molecular formula is C12H14FNO3. The van der Waals surface area contributed by atoms with Crippen molar-refractivity contribution < 1.29 is 19.1 Å². The SMILES string of the molecule is C[C@@H](CCc1cccc(F)c1)NC(=O)C(=O)O. The molecule has 92 valence electrons. The minimum atomic E-state index is -1.50. The number of rotatable bonds is 4. The molecule has 0 saturated heterocycles. The fourth-order valence-corrected chi connectivity index (χ4v) is 1.43. The molecule has 5 heteroatoms. The van der Waals surface area contributed by atoms with Crippen molar-refractivity contribution in [3.8, 4) is 0 Å². The van der Waals surface area contributed by atoms with Crippen LogP contribution in [0.2, 0.25) is 0 Å². The number of hydrogen-bond acceptors (Lipinski definition) is 2. The molecule has 1 atom stereocenters. The lowest BCUT2D eigenvalue weighted by molar-refractivity contribution is -0.150. The number of carboxylic acids is 1. The fourth-order valence-electron chi connectivity index (χ4n) is 1.43. The quantitative estimate of drug-likeness (QED) is 0.779. The van der Waals surface area contributed by atoms with E-state index < -0.39 is 11.9 Å². The van der Waals surface area contributed by atoms with Crippen LogP contribution < -0.4 is 5.32 Å². The second-order valence-electron chi connectivity index (χ2n) is 3.85. The summed E-state index contributed by atoms with van der Waals surface area (Å²) in [4.78, 5) is 21.1. The Morgan fingerprint density at radius 2 is 2.18 bits per heavy atom. The molecule has 0 aromatic heterocycles. The van der Waals surface area contributed by atoms with Crippen LogP contribution in [0.3, 0.4) is 0 Å². The minimum Gasteiger partial charge on any atom is -0.474 e. The van der Waals surface area contributed by atoms with Crippen LogP contribution >= 0.6 is 0 Å². The molecule has 0 fully saturated rings. The number of carbonyl (C=O) groups is 2. The standard InChI is InChI=1S/C12H14FNO3/c1-8(14-11(15)12(16)17)5-6-9-3-2-4-10(13)7-9/h2-4,7-8H,5-6H2,1H3,(H,14,15)(H,16,17)/t8-/m0/s1. The first kappa shape index (κ1) is 13.2. The predicted octanol–water partition coefficient (Wildman–Crippen LogP) is 1.35. The second kappa shape index (κ2) is 5.98. The van der Waals surface area contributed by atoms with Crippen molar-refractivity contribution >= 4 is 11.9 Å². The van der Waals surface area contributed by atoms with Crippen LogP contribution in [-0.4, -0.2) is 23.0 Å². The zero-order valence-electron chi connectivity index (χ0n) is 9.44. The first-order valence-electron chi connectivity index (χ1n) is 5.27. The summed E-state index contributed by atoms with van der Waals surface area (Å²) in [5.41, 5.74) is 0.821. The summed E-state index contributed by atoms with van der Waals surface area (Å²) in [6.07, 6.45) is 1.14. The Labute approximate surface area is 98.5 Å². The number of carboxylic acid groups (broad SMARTS) is 1. The van der Waals surface area contributed by atoms with Gasteiger partial charge in [0.05, 0.1) is 0 Å². The van der Waals surface area contributed by atoms with Crippen molar-refractivity contribution in [1.82, 2.24) is 5.32 Å². The molecule has 17 heavy (non-hydrogen) atoms. The fraction of sp³-hybridized carbons (Fsp3) is 0.333. The molecule has 0 aliphatic rings. The van der Waals surface area contributed by atoms with Crippen LogP contribution in [0.5, 0.6) is 0 Å². The number of nitrogens with one attached hydrogen (secondary N) is 1. The summed E-state index contributed by atoms with van der Waals surface area (Å²) < 4.78 is 12.9. The normalized spacial score (nSPS) is 11.9. The van der Waals surface area contributed by atoms with E-state index >= 15 is 0 Å². The number of carbonyl (C=O) groups excluding carboxylic acids is 1. The molecule has 0 spiro atoms. The zero-order valence-corrected chi connectivity index (χ0v) is 9.44. The van der Waals surface area contributed by atoms with Crippen molar-refractivity contribution in [3.05, 3.63) is 35.6 Å². The van der Waals surface area contributed by atoms with Crippen LogP contribution in [0, 0.1) is 5.82 Å². The van der Waals surface area contributed by atoms with E-state index in [-0.39, 0.29) is 11.9 Å². The number of benzene rings is 1. The van der Waals surface area contributed by atoms with Gasteiger partial charge in [0.1, 0.15) is 5.82 Å². The van der Waals surface area contributed by atoms with Crippen LogP contribution in [0.4, 0.5) is 4.39 Å². The Balaban J connectivity index is 2.40. The monoisotopic (exact) mass is 239 g/mol. The maximum absolute atomic E-state index is 12.9. The molecule has 0 heterocycles. The third-order valence-electron chi connectivity index (χ3n) is 2.33. The molecule has 0 aliphatic carbocycles. The van der Waals surface area contributed by atoms with Gasteiger partial charge in [0.15, 0.2) is 0 Å². The summed E-state index contributed by atoms with van der Waals surface area (Å²) in [7, 11) is 0. The van der Waals surface area contributed by atoms with E-state index in [4.69, 9.17) is 5.11 Å². The molecule has 0 unspecified atom stereocenters. The first-order valence-corrected chi connectivity index (χ1v) is 5.27. The molecule has 1 rings (SSSR count). The highest BCUT2D eigenvalue weighted by Gasteiger charge is 2.13. The summed E-state index contributed by atoms with van der Waals surface area (Å²) in [5, 5.41) is 10.7. The second-order valence-corrected chi connectivity index (χ2v) is 3.85. The predicted molar refractivity (Wildman–Crippen MR) is 60.0 cm³/mol. The number of amides is 1. The van der Waals surface area contributed by atoms with Gasteiger partial charge in [-0.2, -0.15) is 0 Å². The van der Waals surface area contributed by atoms with Crippen molar-refractivity contribution in [1.29, 1.82) is 0 Å². The Morgan fingerprint density at radius 1 is 1.47 bits per heavy atom. The van der Waals surface area contributed by atoms with Gasteiger partial charge in [0.25, 0.3) is 0 Å². The summed E-state index contributed by atoms with van der Waals surface area (Å²) in [6, 6.07) is 5.92. The van der Waals surface area contributed by atoms with Gasteiger partial charge in [-0.25, -0.2) is 9.18 Å². The average molecular weight is 239 g/mol. The summed E-state index contributed by atoms with van der Waals surface area (Å²) in [6.45, 7) is 1.71. The van der Waals surface area contributed by atoms with Gasteiger partial charge in [0.2, 0.25) is 0 Å². The molecule has 0 saturated carbocycles. The summed E-state index contributed by atoms with van der Waals surface area (Å²) >= 11 is 0. The maximum Gasteiger partial charge on any atom is 0.394 e. The Hall–Kier alpha value is -1.91. The number of aryl methyl sites for hydroxylation is 1. The molecule has 0 aliphatic heterocycles. The third-order valence-corrected chi connectivity index (χ3v) is 2.33. The number of aliphatic carboxylic acids is 1. The maximum atomic E-state index is 12.9. The van der Waals surface area contributed by atoms with Crippen molar-refractivity contribution in [2.45, 2.75) is 25.8 Å². The van der Waals surface area contributed by atoms with E-state index in [1.54, 1.807) is 19.1 Å². The molecule has 2 N–H and O–H groups in total. The highest BCUT2D eigenvalue weighted by Crippen LogP contribution is 2.07. The minimum absolute atomic E-state index is 0.262. The molecule has 1 amide bonds. The topological polar surface area (TPSA) is 66.4 Å². The zero-order chi connectivity index (χ0) is 12.8. The molecular weight excluding hydrogens is 225 g/mol. The van der Waals surface area contributed by atoms with E-state index in [0.29, 0.717) is 12.8 Å². The van der Waals surface area contributed by atoms with Gasteiger partial charge in [-0.1, -0.05) is 12.1 Å². The van der Waals surface area contributed by atoms with Crippen LogP contribution in [0.1, 0.15) is 18.9 Å². The number of halogens is 1. The Kier molecular flexibility index (Phi) is 4.63. The van der Waals surface area contributed by atoms with Gasteiger partial charge in [0, 0.05) is 6.04 Å². The third kappa shape index (κ3) is 4.63. The highest BCUT2D eigenvalue weighted by molar-refractivity contribution is 6.31. The van der Waals surface area contributed by atoms with E-state index in [1.165, 1.54) is 12.1 Å². The van der Waals surface area contributed by atoms with Gasteiger partial charge < -0.3 is 10.4 Å². The van der Waals surface area contributed by atoms with E-state index in [1.807, 2.05) is 0 Å². The van der Waals surface area contributed by atoms with Crippen LogP contribution in [-0.2, 0) is 16.0 Å². The molecule has 0 radical (unpaired) electrons. The van der Waals surface area contributed by atoms with Gasteiger partial charge in [-0.3, -0.25) is 4.79 Å². The highest BCUT2D eigenvalue weighted by atomic mass is 19.1. The van der Waals surface area contributed by atoms with E-state index in [2.05, 4.69) is 5.32 Å². The van der Waals surface area contributed by atoms with E-state index in [9.17, 15) is 14.0 Å². The molecule has 0 bridgehead atoms. The van der Waals surface area contributed by atoms with Crippen molar-refractivity contribution in [3.63, 3.8) is 0 Å². The van der Waals surface area contributed by atoms with Gasteiger partial charge in [-0.15, -0.1) is 0 Å². The van der Waals surface area contributed by atoms with Gasteiger partial charge >= 0.3 is 11.9 Å². The lowest BCUT2D eigenvalue weighted by Crippen LogP contribution is -2.37. The molecule has 1 aromatic carbocycles. The largest absolute Gasteiger partial charge is 0.474 e. The van der Waals surface area contributed by atoms with Gasteiger partial charge in [-0.05, 0) is 37.5 Å². The Bertz CT molecular complexity index is 420. The lowest BCUT2D eigenvalue weighted by Gasteiger charge is -2.11. The smallest absolute Gasteiger partial charge is 0.394 e. The lowest BCUT2D eigenvalue weighted by atomic mass is 10.1. The van der Waals surface area contributed by atoms with Crippen molar-refractivity contribution in [2.75, 3.05) is 0 Å². The summed E-state index contributed by atoms with van der Waals surface area (Å²) in [5.74, 6) is -2.82. The number of hydrogen-bond donors (Lipinski definition) is 2.